The lowest BCUT2D eigenvalue weighted by atomic mass is 10.1. The number of aromatic nitrogens is 2. The summed E-state index contributed by atoms with van der Waals surface area (Å²) in [5.74, 6) is 0.265. The summed E-state index contributed by atoms with van der Waals surface area (Å²) in [6.45, 7) is 8.77. The molecule has 2 rings (SSSR count). The summed E-state index contributed by atoms with van der Waals surface area (Å²) >= 11 is 0. The van der Waals surface area contributed by atoms with Gasteiger partial charge in [-0.05, 0) is 51.5 Å². The van der Waals surface area contributed by atoms with E-state index in [1.807, 2.05) is 0 Å². The van der Waals surface area contributed by atoms with E-state index in [4.69, 9.17) is 4.74 Å². The fraction of sp³-hybridized carbons (Fsp3) is 0.375. The van der Waals surface area contributed by atoms with Gasteiger partial charge in [-0.15, -0.1) is 0 Å². The van der Waals surface area contributed by atoms with Crippen molar-refractivity contribution in [3.8, 4) is 11.8 Å². The highest BCUT2D eigenvalue weighted by Gasteiger charge is 2.09. The van der Waals surface area contributed by atoms with E-state index < -0.39 is 0 Å². The Hall–Kier alpha value is -2.01. The lowest BCUT2D eigenvalue weighted by Gasteiger charge is -2.20. The highest BCUT2D eigenvalue weighted by Crippen LogP contribution is 2.22. The molecule has 0 unspecified atom stereocenters. The average Bonchev–Trinajstić information content (AvgIpc) is 2.40. The normalized spacial score (nSPS) is 11.5. The van der Waals surface area contributed by atoms with Crippen LogP contribution >= 0.6 is 0 Å². The largest absolute Gasteiger partial charge is 0.424 e. The van der Waals surface area contributed by atoms with Crippen LogP contribution in [0.15, 0.2) is 30.6 Å². The van der Waals surface area contributed by atoms with Crippen LogP contribution in [-0.2, 0) is 6.54 Å². The number of nitrogens with one attached hydrogen (secondary N) is 1. The molecule has 1 aromatic heterocycles. The van der Waals surface area contributed by atoms with Crippen LogP contribution in [-0.4, -0.2) is 15.5 Å². The van der Waals surface area contributed by atoms with E-state index in [1.165, 1.54) is 12.1 Å². The number of hydrogen-bond acceptors (Lipinski definition) is 4. The summed E-state index contributed by atoms with van der Waals surface area (Å²) in [6, 6.07) is 4.59. The second-order valence-electron chi connectivity index (χ2n) is 5.99. The van der Waals surface area contributed by atoms with Crippen molar-refractivity contribution < 1.29 is 9.13 Å². The first-order chi connectivity index (χ1) is 9.83. The van der Waals surface area contributed by atoms with Crippen molar-refractivity contribution >= 4 is 0 Å². The number of benzene rings is 1. The van der Waals surface area contributed by atoms with Gasteiger partial charge in [0.05, 0.1) is 0 Å². The minimum absolute atomic E-state index is 0.0421. The van der Waals surface area contributed by atoms with Crippen molar-refractivity contribution in [2.75, 3.05) is 0 Å². The zero-order valence-electron chi connectivity index (χ0n) is 12.8. The number of nitrogens with zero attached hydrogens (tertiary/aromatic N) is 2. The molecule has 0 aliphatic carbocycles. The van der Waals surface area contributed by atoms with Crippen LogP contribution in [0.5, 0.6) is 11.8 Å². The highest BCUT2D eigenvalue weighted by molar-refractivity contribution is 5.34. The van der Waals surface area contributed by atoms with Crippen LogP contribution < -0.4 is 10.1 Å². The Bertz CT molecular complexity index is 606. The van der Waals surface area contributed by atoms with Gasteiger partial charge in [0.2, 0.25) is 0 Å². The molecule has 0 atom stereocenters. The molecular formula is C16H20FN3O. The first kappa shape index (κ1) is 15.4. The Labute approximate surface area is 124 Å². The predicted octanol–water partition coefficient (Wildman–Crippen LogP) is 3.60. The molecule has 0 aliphatic heterocycles. The van der Waals surface area contributed by atoms with Gasteiger partial charge in [0, 0.05) is 30.0 Å². The summed E-state index contributed by atoms with van der Waals surface area (Å²) in [4.78, 5) is 8.34. The van der Waals surface area contributed by atoms with Gasteiger partial charge in [0.15, 0.2) is 0 Å². The first-order valence-corrected chi connectivity index (χ1v) is 6.83. The van der Waals surface area contributed by atoms with E-state index in [1.54, 1.807) is 25.4 Å². The van der Waals surface area contributed by atoms with Gasteiger partial charge in [-0.2, -0.15) is 0 Å². The molecule has 0 radical (unpaired) electrons. The van der Waals surface area contributed by atoms with Crippen molar-refractivity contribution in [2.24, 2.45) is 0 Å². The molecule has 0 fully saturated rings. The third-order valence-electron chi connectivity index (χ3n) is 2.84. The molecule has 1 heterocycles. The van der Waals surface area contributed by atoms with Crippen LogP contribution in [0.25, 0.3) is 0 Å². The van der Waals surface area contributed by atoms with Gasteiger partial charge in [-0.1, -0.05) is 0 Å². The van der Waals surface area contributed by atoms with E-state index in [9.17, 15) is 4.39 Å². The van der Waals surface area contributed by atoms with E-state index in [-0.39, 0.29) is 17.4 Å². The van der Waals surface area contributed by atoms with Gasteiger partial charge in [0.1, 0.15) is 11.6 Å². The minimum atomic E-state index is -0.288. The predicted molar refractivity (Wildman–Crippen MR) is 79.8 cm³/mol. The second-order valence-corrected chi connectivity index (χ2v) is 5.99. The summed E-state index contributed by atoms with van der Waals surface area (Å²) in [7, 11) is 0. The number of rotatable bonds is 4. The lowest BCUT2D eigenvalue weighted by molar-refractivity contribution is 0.419. The molecule has 0 bridgehead atoms. The molecule has 0 spiro atoms. The molecule has 1 N–H and O–H groups in total. The van der Waals surface area contributed by atoms with Crippen LogP contribution in [0.2, 0.25) is 0 Å². The summed E-state index contributed by atoms with van der Waals surface area (Å²) in [5, 5.41) is 3.36. The smallest absolute Gasteiger partial charge is 0.321 e. The van der Waals surface area contributed by atoms with E-state index in [0.717, 1.165) is 5.56 Å². The zero-order chi connectivity index (χ0) is 15.5. The molecule has 4 nitrogen and oxygen atoms in total. The van der Waals surface area contributed by atoms with Crippen molar-refractivity contribution in [1.82, 2.24) is 15.3 Å². The lowest BCUT2D eigenvalue weighted by Crippen LogP contribution is -2.35. The van der Waals surface area contributed by atoms with Gasteiger partial charge in [-0.25, -0.2) is 14.4 Å². The Morgan fingerprint density at radius 3 is 2.43 bits per heavy atom. The number of hydrogen-bond donors (Lipinski definition) is 1. The Morgan fingerprint density at radius 2 is 1.86 bits per heavy atom. The van der Waals surface area contributed by atoms with Crippen molar-refractivity contribution in [1.29, 1.82) is 0 Å². The van der Waals surface area contributed by atoms with Gasteiger partial charge >= 0.3 is 6.01 Å². The third-order valence-corrected chi connectivity index (χ3v) is 2.84. The molecule has 0 aliphatic rings. The molecule has 5 heteroatoms. The first-order valence-electron chi connectivity index (χ1n) is 6.83. The monoisotopic (exact) mass is 289 g/mol. The maximum Gasteiger partial charge on any atom is 0.321 e. The molecule has 0 saturated heterocycles. The Kier molecular flexibility index (Phi) is 4.53. The van der Waals surface area contributed by atoms with Crippen molar-refractivity contribution in [3.63, 3.8) is 0 Å². The van der Waals surface area contributed by atoms with Gasteiger partial charge < -0.3 is 10.1 Å². The Balaban J connectivity index is 2.02. The summed E-state index contributed by atoms with van der Waals surface area (Å²) < 4.78 is 18.6. The van der Waals surface area contributed by atoms with Crippen LogP contribution in [0.4, 0.5) is 4.39 Å². The van der Waals surface area contributed by atoms with Crippen molar-refractivity contribution in [3.05, 3.63) is 47.5 Å². The molecule has 1 aromatic carbocycles. The second kappa shape index (κ2) is 6.18. The third kappa shape index (κ3) is 4.79. The van der Waals surface area contributed by atoms with Crippen LogP contribution in [0.1, 0.15) is 31.9 Å². The SMILES string of the molecule is Cc1cc(F)ccc1Oc1ncc(CNC(C)(C)C)cn1. The molecule has 2 aromatic rings. The molecule has 0 saturated carbocycles. The van der Waals surface area contributed by atoms with E-state index in [0.29, 0.717) is 17.9 Å². The van der Waals surface area contributed by atoms with E-state index in [2.05, 4.69) is 36.1 Å². The van der Waals surface area contributed by atoms with Crippen LogP contribution in [0.3, 0.4) is 0 Å². The number of ether oxygens (including phenoxy) is 1. The fourth-order valence-corrected chi connectivity index (χ4v) is 1.68. The minimum Gasteiger partial charge on any atom is -0.424 e. The summed E-state index contributed by atoms with van der Waals surface area (Å²) in [6.07, 6.45) is 3.44. The maximum atomic E-state index is 13.0. The van der Waals surface area contributed by atoms with Crippen LogP contribution in [0, 0.1) is 12.7 Å². The fourth-order valence-electron chi connectivity index (χ4n) is 1.68. The molecule has 0 amide bonds. The quantitative estimate of drug-likeness (QED) is 0.934. The standard InChI is InChI=1S/C16H20FN3O/c1-11-7-13(17)5-6-14(11)21-15-18-8-12(9-19-15)10-20-16(2,3)4/h5-9,20H,10H2,1-4H3. The topological polar surface area (TPSA) is 47.0 Å². The zero-order valence-corrected chi connectivity index (χ0v) is 12.8. The van der Waals surface area contributed by atoms with Gasteiger partial charge in [0.25, 0.3) is 0 Å². The van der Waals surface area contributed by atoms with Crippen molar-refractivity contribution in [2.45, 2.75) is 39.8 Å². The number of aryl methyl sites for hydroxylation is 1. The van der Waals surface area contributed by atoms with Gasteiger partial charge in [-0.3, -0.25) is 0 Å². The molecule has 112 valence electrons. The molecular weight excluding hydrogens is 269 g/mol. The van der Waals surface area contributed by atoms with E-state index >= 15 is 0 Å². The summed E-state index contributed by atoms with van der Waals surface area (Å²) in [5.41, 5.74) is 1.73. The Morgan fingerprint density at radius 1 is 1.19 bits per heavy atom. The molecule has 21 heavy (non-hydrogen) atoms. The maximum absolute atomic E-state index is 13.0. The number of halogens is 1. The highest BCUT2D eigenvalue weighted by atomic mass is 19.1. The average molecular weight is 289 g/mol.